The van der Waals surface area contributed by atoms with Gasteiger partial charge in [-0.15, -0.1) is 0 Å². The molecule has 0 aliphatic carbocycles. The molecule has 22 heavy (non-hydrogen) atoms. The lowest BCUT2D eigenvalue weighted by Crippen LogP contribution is -2.44. The first-order chi connectivity index (χ1) is 10.7. The van der Waals surface area contributed by atoms with E-state index >= 15 is 0 Å². The first-order valence-corrected chi connectivity index (χ1v) is 7.37. The lowest BCUT2D eigenvalue weighted by molar-refractivity contribution is 0.190. The maximum Gasteiger partial charge on any atom is 0.261 e. The minimum atomic E-state index is -0.435. The summed E-state index contributed by atoms with van der Waals surface area (Å²) in [4.78, 5) is 6.60. The summed E-state index contributed by atoms with van der Waals surface area (Å²) in [5.74, 6) is 0.583. The SMILES string of the molecule is CCOc1c(F)cccc1-c1nc(C2CNCCN2C)no1. The Hall–Kier alpha value is -1.99. The summed E-state index contributed by atoms with van der Waals surface area (Å²) in [5, 5.41) is 7.36. The molecule has 1 aromatic heterocycles. The molecule has 7 heteroatoms. The van der Waals surface area contributed by atoms with Crippen molar-refractivity contribution < 1.29 is 13.7 Å². The molecule has 118 valence electrons. The lowest BCUT2D eigenvalue weighted by Gasteiger charge is -2.30. The van der Waals surface area contributed by atoms with Crippen LogP contribution in [0.4, 0.5) is 4.39 Å². The minimum absolute atomic E-state index is 0.0513. The van der Waals surface area contributed by atoms with E-state index in [-0.39, 0.29) is 17.7 Å². The molecule has 1 aromatic carbocycles. The van der Waals surface area contributed by atoms with Gasteiger partial charge in [0.05, 0.1) is 18.2 Å². The van der Waals surface area contributed by atoms with Gasteiger partial charge in [0.1, 0.15) is 0 Å². The molecule has 0 spiro atoms. The standard InChI is InChI=1S/C15H19FN4O2/c1-3-21-13-10(5-4-6-11(13)16)15-18-14(19-22-15)12-9-17-7-8-20(12)2/h4-6,12,17H,3,7-9H2,1-2H3. The van der Waals surface area contributed by atoms with E-state index in [1.165, 1.54) is 6.07 Å². The number of piperazine rings is 1. The molecule has 1 aliphatic rings. The summed E-state index contributed by atoms with van der Waals surface area (Å²) < 4.78 is 24.6. The Morgan fingerprint density at radius 2 is 2.36 bits per heavy atom. The molecule has 6 nitrogen and oxygen atoms in total. The van der Waals surface area contributed by atoms with Crippen molar-refractivity contribution >= 4 is 0 Å². The van der Waals surface area contributed by atoms with Crippen LogP contribution in [0, 0.1) is 5.82 Å². The molecule has 0 radical (unpaired) electrons. The number of halogens is 1. The highest BCUT2D eigenvalue weighted by atomic mass is 19.1. The molecule has 1 N–H and O–H groups in total. The maximum atomic E-state index is 13.9. The number of ether oxygens (including phenoxy) is 1. The van der Waals surface area contributed by atoms with Gasteiger partial charge < -0.3 is 14.6 Å². The number of rotatable bonds is 4. The minimum Gasteiger partial charge on any atom is -0.490 e. The van der Waals surface area contributed by atoms with Crippen molar-refractivity contribution in [1.29, 1.82) is 0 Å². The molecule has 2 heterocycles. The highest BCUT2D eigenvalue weighted by Crippen LogP contribution is 2.32. The molecule has 1 aliphatic heterocycles. The van der Waals surface area contributed by atoms with Crippen LogP contribution in [0.1, 0.15) is 18.8 Å². The second-order valence-corrected chi connectivity index (χ2v) is 5.21. The molecule has 1 saturated heterocycles. The molecular weight excluding hydrogens is 287 g/mol. The third-order valence-electron chi connectivity index (χ3n) is 3.74. The van der Waals surface area contributed by atoms with Gasteiger partial charge in [0, 0.05) is 19.6 Å². The Labute approximate surface area is 128 Å². The van der Waals surface area contributed by atoms with Gasteiger partial charge in [-0.3, -0.25) is 4.90 Å². The number of hydrogen-bond acceptors (Lipinski definition) is 6. The molecule has 3 rings (SSSR count). The first kappa shape index (κ1) is 14.9. The van der Waals surface area contributed by atoms with E-state index in [0.29, 0.717) is 18.0 Å². The zero-order chi connectivity index (χ0) is 15.5. The zero-order valence-corrected chi connectivity index (χ0v) is 12.7. The molecular formula is C15H19FN4O2. The zero-order valence-electron chi connectivity index (χ0n) is 12.7. The second kappa shape index (κ2) is 6.41. The molecule has 1 fully saturated rings. The number of hydrogen-bond donors (Lipinski definition) is 1. The van der Waals surface area contributed by atoms with E-state index in [1.54, 1.807) is 19.1 Å². The van der Waals surface area contributed by atoms with Crippen molar-refractivity contribution in [2.45, 2.75) is 13.0 Å². The number of para-hydroxylation sites is 1. The van der Waals surface area contributed by atoms with E-state index in [2.05, 4.69) is 20.4 Å². The predicted octanol–water partition coefficient (Wildman–Crippen LogP) is 1.85. The molecule has 0 amide bonds. The van der Waals surface area contributed by atoms with Crippen LogP contribution < -0.4 is 10.1 Å². The van der Waals surface area contributed by atoms with Crippen molar-refractivity contribution in [2.24, 2.45) is 0 Å². The van der Waals surface area contributed by atoms with E-state index in [1.807, 2.05) is 7.05 Å². The van der Waals surface area contributed by atoms with Gasteiger partial charge in [-0.05, 0) is 26.1 Å². The van der Waals surface area contributed by atoms with E-state index in [4.69, 9.17) is 9.26 Å². The summed E-state index contributed by atoms with van der Waals surface area (Å²) in [6.45, 7) is 4.79. The lowest BCUT2D eigenvalue weighted by atomic mass is 10.1. The van der Waals surface area contributed by atoms with Gasteiger partial charge in [-0.25, -0.2) is 4.39 Å². The summed E-state index contributed by atoms with van der Waals surface area (Å²) in [6, 6.07) is 4.72. The molecule has 2 aromatic rings. The fourth-order valence-electron chi connectivity index (χ4n) is 2.54. The van der Waals surface area contributed by atoms with Crippen LogP contribution in [0.3, 0.4) is 0 Å². The van der Waals surface area contributed by atoms with Crippen LogP contribution in [0.5, 0.6) is 5.75 Å². The topological polar surface area (TPSA) is 63.4 Å². The van der Waals surface area contributed by atoms with Gasteiger partial charge in [0.15, 0.2) is 17.4 Å². The largest absolute Gasteiger partial charge is 0.490 e. The number of benzene rings is 1. The van der Waals surface area contributed by atoms with Crippen LogP contribution in [0.25, 0.3) is 11.5 Å². The quantitative estimate of drug-likeness (QED) is 0.930. The highest BCUT2D eigenvalue weighted by molar-refractivity contribution is 5.63. The number of likely N-dealkylation sites (N-methyl/N-ethyl adjacent to an activating group) is 1. The fraction of sp³-hybridized carbons (Fsp3) is 0.467. The van der Waals surface area contributed by atoms with Crippen LogP contribution in [0.15, 0.2) is 22.7 Å². The molecule has 1 atom stereocenters. The summed E-state index contributed by atoms with van der Waals surface area (Å²) in [6.07, 6.45) is 0. The average molecular weight is 306 g/mol. The number of nitrogens with zero attached hydrogens (tertiary/aromatic N) is 3. The third kappa shape index (κ3) is 2.82. The monoisotopic (exact) mass is 306 g/mol. The van der Waals surface area contributed by atoms with Crippen molar-refractivity contribution in [3.63, 3.8) is 0 Å². The van der Waals surface area contributed by atoms with E-state index < -0.39 is 5.82 Å². The summed E-state index contributed by atoms with van der Waals surface area (Å²) in [7, 11) is 2.02. The van der Waals surface area contributed by atoms with Gasteiger partial charge in [0.2, 0.25) is 0 Å². The van der Waals surface area contributed by atoms with Crippen molar-refractivity contribution in [3.8, 4) is 17.2 Å². The second-order valence-electron chi connectivity index (χ2n) is 5.21. The van der Waals surface area contributed by atoms with Crippen molar-refractivity contribution in [1.82, 2.24) is 20.4 Å². The van der Waals surface area contributed by atoms with Gasteiger partial charge >= 0.3 is 0 Å². The third-order valence-corrected chi connectivity index (χ3v) is 3.74. The van der Waals surface area contributed by atoms with Crippen LogP contribution >= 0.6 is 0 Å². The van der Waals surface area contributed by atoms with Crippen LogP contribution in [-0.2, 0) is 0 Å². The van der Waals surface area contributed by atoms with Crippen molar-refractivity contribution in [2.75, 3.05) is 33.3 Å². The Kier molecular flexibility index (Phi) is 4.35. The predicted molar refractivity (Wildman–Crippen MR) is 79.1 cm³/mol. The van der Waals surface area contributed by atoms with E-state index in [0.717, 1.165) is 19.6 Å². The smallest absolute Gasteiger partial charge is 0.261 e. The van der Waals surface area contributed by atoms with Crippen LogP contribution in [0.2, 0.25) is 0 Å². The van der Waals surface area contributed by atoms with Gasteiger partial charge in [0.25, 0.3) is 5.89 Å². The Morgan fingerprint density at radius 3 is 3.14 bits per heavy atom. The van der Waals surface area contributed by atoms with Crippen LogP contribution in [-0.4, -0.2) is 48.3 Å². The number of nitrogens with one attached hydrogen (secondary N) is 1. The molecule has 0 saturated carbocycles. The number of aromatic nitrogens is 2. The average Bonchev–Trinajstić information content (AvgIpc) is 2.99. The first-order valence-electron chi connectivity index (χ1n) is 7.37. The molecule has 1 unspecified atom stereocenters. The summed E-state index contributed by atoms with van der Waals surface area (Å²) in [5.41, 5.74) is 0.479. The summed E-state index contributed by atoms with van der Waals surface area (Å²) >= 11 is 0. The highest BCUT2D eigenvalue weighted by Gasteiger charge is 2.26. The normalized spacial score (nSPS) is 19.3. The van der Waals surface area contributed by atoms with Gasteiger partial charge in [-0.1, -0.05) is 11.2 Å². The fourth-order valence-corrected chi connectivity index (χ4v) is 2.54. The Bertz CT molecular complexity index is 646. The molecule has 0 bridgehead atoms. The maximum absolute atomic E-state index is 13.9. The van der Waals surface area contributed by atoms with Crippen molar-refractivity contribution in [3.05, 3.63) is 29.8 Å². The Balaban J connectivity index is 1.92. The van der Waals surface area contributed by atoms with E-state index in [9.17, 15) is 4.39 Å². The van der Waals surface area contributed by atoms with Gasteiger partial charge in [-0.2, -0.15) is 4.98 Å². The Morgan fingerprint density at radius 1 is 1.50 bits per heavy atom.